The average molecular weight is 447 g/mol. The second kappa shape index (κ2) is 11.4. The molecule has 2 atom stereocenters. The van der Waals surface area contributed by atoms with E-state index in [2.05, 4.69) is 17.2 Å². The number of ketones is 1. The lowest BCUT2D eigenvalue weighted by atomic mass is 9.78. The number of aliphatic carboxylic acids is 1. The third-order valence-electron chi connectivity index (χ3n) is 6.09. The standard InChI is InChI=1S/C27H30N2O4/c1-2-3-10-16-28-23-15-17-29(25(31)19-22-13-8-5-9-14-22)27(20-23,26(32)33)24(30)18-21-11-6-4-7-12-21/h4-9,11-14,23,28H,10,15-20H2,1H3,(H,32,33)/t23-,27+/m1/s1. The van der Waals surface area contributed by atoms with Crippen molar-refractivity contribution in [3.8, 4) is 11.8 Å². The highest BCUT2D eigenvalue weighted by molar-refractivity contribution is 6.11. The number of rotatable bonds is 9. The molecule has 0 bridgehead atoms. The molecule has 1 heterocycles. The Labute approximate surface area is 195 Å². The van der Waals surface area contributed by atoms with Crippen LogP contribution in [0.15, 0.2) is 60.7 Å². The summed E-state index contributed by atoms with van der Waals surface area (Å²) in [6.07, 6.45) is 1.26. The third kappa shape index (κ3) is 5.88. The van der Waals surface area contributed by atoms with Gasteiger partial charge in [0.25, 0.3) is 0 Å². The molecule has 0 unspecified atom stereocenters. The molecule has 1 amide bonds. The van der Waals surface area contributed by atoms with Crippen molar-refractivity contribution in [3.05, 3.63) is 71.8 Å². The molecular formula is C27H30N2O4. The van der Waals surface area contributed by atoms with Crippen molar-refractivity contribution in [2.24, 2.45) is 0 Å². The largest absolute Gasteiger partial charge is 0.479 e. The van der Waals surface area contributed by atoms with Gasteiger partial charge in [-0.3, -0.25) is 9.59 Å². The molecule has 2 aromatic carbocycles. The van der Waals surface area contributed by atoms with Crippen LogP contribution in [0.2, 0.25) is 0 Å². The molecule has 0 spiro atoms. The number of hydrogen-bond acceptors (Lipinski definition) is 4. The number of carboxylic acids is 1. The first-order chi connectivity index (χ1) is 16.0. The minimum absolute atomic E-state index is 0.0358. The molecule has 2 N–H and O–H groups in total. The maximum Gasteiger partial charge on any atom is 0.337 e. The fourth-order valence-electron chi connectivity index (χ4n) is 4.40. The fraction of sp³-hybridized carbons (Fsp3) is 0.370. The van der Waals surface area contributed by atoms with Crippen LogP contribution in [0.1, 0.15) is 37.3 Å². The molecule has 6 nitrogen and oxygen atoms in total. The van der Waals surface area contributed by atoms with E-state index in [1.165, 1.54) is 4.90 Å². The molecule has 0 aliphatic carbocycles. The molecule has 1 saturated heterocycles. The Kier molecular flexibility index (Phi) is 8.39. The number of hydrogen-bond donors (Lipinski definition) is 2. The summed E-state index contributed by atoms with van der Waals surface area (Å²) >= 11 is 0. The molecule has 3 rings (SSSR count). The summed E-state index contributed by atoms with van der Waals surface area (Å²) in [5.74, 6) is 3.73. The van der Waals surface area contributed by atoms with E-state index in [1.54, 1.807) is 19.1 Å². The zero-order valence-corrected chi connectivity index (χ0v) is 18.9. The van der Waals surface area contributed by atoms with Crippen molar-refractivity contribution in [2.75, 3.05) is 13.1 Å². The Balaban J connectivity index is 1.89. The fourth-order valence-corrected chi connectivity index (χ4v) is 4.40. The number of amides is 1. The highest BCUT2D eigenvalue weighted by Gasteiger charge is 2.55. The van der Waals surface area contributed by atoms with Gasteiger partial charge in [-0.05, 0) is 24.5 Å². The van der Waals surface area contributed by atoms with E-state index in [4.69, 9.17) is 0 Å². The van der Waals surface area contributed by atoms with Gasteiger partial charge in [0, 0.05) is 38.4 Å². The van der Waals surface area contributed by atoms with Crippen molar-refractivity contribution >= 4 is 17.7 Å². The lowest BCUT2D eigenvalue weighted by Crippen LogP contribution is -2.68. The minimum Gasteiger partial charge on any atom is -0.479 e. The highest BCUT2D eigenvalue weighted by atomic mass is 16.4. The lowest BCUT2D eigenvalue weighted by Gasteiger charge is -2.46. The SMILES string of the molecule is CC#CCCN[C@@H]1CCN(C(=O)Cc2ccccc2)[C@](C(=O)O)(C(=O)Cc2ccccc2)C1. The maximum absolute atomic E-state index is 13.6. The number of nitrogens with zero attached hydrogens (tertiary/aromatic N) is 1. The Morgan fingerprint density at radius 2 is 1.64 bits per heavy atom. The van der Waals surface area contributed by atoms with Crippen LogP contribution in [0.5, 0.6) is 0 Å². The summed E-state index contributed by atoms with van der Waals surface area (Å²) in [7, 11) is 0. The van der Waals surface area contributed by atoms with E-state index in [9.17, 15) is 19.5 Å². The van der Waals surface area contributed by atoms with Gasteiger partial charge in [-0.25, -0.2) is 4.79 Å². The van der Waals surface area contributed by atoms with Crippen LogP contribution in [0, 0.1) is 11.8 Å². The Hall–Kier alpha value is -3.43. The molecule has 6 heteroatoms. The topological polar surface area (TPSA) is 86.7 Å². The first-order valence-corrected chi connectivity index (χ1v) is 11.3. The molecular weight excluding hydrogens is 416 g/mol. The number of nitrogens with one attached hydrogen (secondary N) is 1. The quantitative estimate of drug-likeness (QED) is 0.351. The number of benzene rings is 2. The van der Waals surface area contributed by atoms with Gasteiger partial charge in [-0.2, -0.15) is 0 Å². The van der Waals surface area contributed by atoms with E-state index in [1.807, 2.05) is 48.5 Å². The van der Waals surface area contributed by atoms with Gasteiger partial charge < -0.3 is 15.3 Å². The highest BCUT2D eigenvalue weighted by Crippen LogP contribution is 2.32. The van der Waals surface area contributed by atoms with Gasteiger partial charge in [0.15, 0.2) is 5.78 Å². The van der Waals surface area contributed by atoms with Gasteiger partial charge in [-0.15, -0.1) is 11.8 Å². The number of carboxylic acid groups (broad SMARTS) is 1. The van der Waals surface area contributed by atoms with Crippen LogP contribution >= 0.6 is 0 Å². The van der Waals surface area contributed by atoms with Crippen LogP contribution in [0.25, 0.3) is 0 Å². The van der Waals surface area contributed by atoms with Gasteiger partial charge in [-0.1, -0.05) is 60.7 Å². The van der Waals surface area contributed by atoms with E-state index < -0.39 is 17.3 Å². The summed E-state index contributed by atoms with van der Waals surface area (Å²) in [4.78, 5) is 41.0. The molecule has 0 aromatic heterocycles. The molecule has 0 radical (unpaired) electrons. The smallest absolute Gasteiger partial charge is 0.337 e. The monoisotopic (exact) mass is 446 g/mol. The van der Waals surface area contributed by atoms with Gasteiger partial charge in [0.1, 0.15) is 0 Å². The molecule has 33 heavy (non-hydrogen) atoms. The average Bonchev–Trinajstić information content (AvgIpc) is 2.82. The van der Waals surface area contributed by atoms with Crippen LogP contribution < -0.4 is 5.32 Å². The number of likely N-dealkylation sites (tertiary alicyclic amines) is 1. The first kappa shape index (κ1) is 24.2. The Morgan fingerprint density at radius 1 is 1.03 bits per heavy atom. The Morgan fingerprint density at radius 3 is 2.21 bits per heavy atom. The third-order valence-corrected chi connectivity index (χ3v) is 6.09. The molecule has 1 aliphatic rings. The van der Waals surface area contributed by atoms with Crippen molar-refractivity contribution in [1.82, 2.24) is 10.2 Å². The van der Waals surface area contributed by atoms with Crippen LogP contribution in [-0.2, 0) is 27.2 Å². The first-order valence-electron chi connectivity index (χ1n) is 11.3. The van der Waals surface area contributed by atoms with Crippen LogP contribution in [0.4, 0.5) is 0 Å². The Bertz CT molecular complexity index is 1030. The summed E-state index contributed by atoms with van der Waals surface area (Å²) < 4.78 is 0. The van der Waals surface area contributed by atoms with E-state index in [0.29, 0.717) is 19.4 Å². The summed E-state index contributed by atoms with van der Waals surface area (Å²) in [5.41, 5.74) is -0.392. The van der Waals surface area contributed by atoms with Gasteiger partial charge in [0.05, 0.1) is 6.42 Å². The zero-order chi connectivity index (χ0) is 23.7. The van der Waals surface area contributed by atoms with Crippen molar-refractivity contribution in [1.29, 1.82) is 0 Å². The minimum atomic E-state index is -1.91. The van der Waals surface area contributed by atoms with Gasteiger partial charge in [0.2, 0.25) is 11.4 Å². The number of carbonyl (C=O) groups excluding carboxylic acids is 2. The predicted octanol–water partition coefficient (Wildman–Crippen LogP) is 2.86. The van der Waals surface area contributed by atoms with E-state index in [-0.39, 0.29) is 37.8 Å². The number of piperidine rings is 1. The molecule has 172 valence electrons. The maximum atomic E-state index is 13.6. The van der Waals surface area contributed by atoms with Crippen LogP contribution in [-0.4, -0.2) is 52.3 Å². The van der Waals surface area contributed by atoms with Gasteiger partial charge >= 0.3 is 5.97 Å². The molecule has 0 saturated carbocycles. The summed E-state index contributed by atoms with van der Waals surface area (Å²) in [5, 5.41) is 13.7. The summed E-state index contributed by atoms with van der Waals surface area (Å²) in [6.45, 7) is 2.58. The van der Waals surface area contributed by atoms with E-state index in [0.717, 1.165) is 11.1 Å². The van der Waals surface area contributed by atoms with E-state index >= 15 is 0 Å². The second-order valence-corrected chi connectivity index (χ2v) is 8.28. The molecule has 1 fully saturated rings. The number of carbonyl (C=O) groups is 3. The second-order valence-electron chi connectivity index (χ2n) is 8.28. The van der Waals surface area contributed by atoms with Crippen molar-refractivity contribution < 1.29 is 19.5 Å². The molecule has 1 aliphatic heterocycles. The normalized spacial score (nSPS) is 19.9. The summed E-state index contributed by atoms with van der Waals surface area (Å²) in [6, 6.07) is 18.1. The zero-order valence-electron chi connectivity index (χ0n) is 18.9. The molecule has 2 aromatic rings. The number of Topliss-reactive ketones (excluding diaryl/α,β-unsaturated/α-hetero) is 1. The van der Waals surface area contributed by atoms with Crippen molar-refractivity contribution in [3.63, 3.8) is 0 Å². The van der Waals surface area contributed by atoms with Crippen molar-refractivity contribution in [2.45, 2.75) is 50.6 Å². The predicted molar refractivity (Wildman–Crippen MR) is 126 cm³/mol. The lowest BCUT2D eigenvalue weighted by molar-refractivity contribution is -0.168. The van der Waals surface area contributed by atoms with Crippen LogP contribution in [0.3, 0.4) is 0 Å².